The molecule has 0 bridgehead atoms. The van der Waals surface area contributed by atoms with Crippen LogP contribution in [-0.4, -0.2) is 31.1 Å². The molecule has 2 heterocycles. The molecule has 7 heteroatoms. The van der Waals surface area contributed by atoms with Crippen molar-refractivity contribution in [3.05, 3.63) is 64.1 Å². The molecule has 156 valence electrons. The van der Waals surface area contributed by atoms with Gasteiger partial charge in [0.1, 0.15) is 6.61 Å². The van der Waals surface area contributed by atoms with Crippen LogP contribution in [0.4, 0.5) is 11.4 Å². The molecule has 0 atom stereocenters. The third-order valence-corrected chi connectivity index (χ3v) is 5.85. The molecule has 0 spiro atoms. The summed E-state index contributed by atoms with van der Waals surface area (Å²) in [7, 11) is 1.56. The minimum absolute atomic E-state index is 0.184. The van der Waals surface area contributed by atoms with Gasteiger partial charge in [0.05, 0.1) is 18.3 Å². The van der Waals surface area contributed by atoms with Crippen LogP contribution < -0.4 is 19.7 Å². The number of amides is 1. The molecule has 2 aromatic carbocycles. The number of methoxy groups -OCH3 is 1. The number of aromatic nitrogens is 1. The van der Waals surface area contributed by atoms with Crippen molar-refractivity contribution in [3.63, 3.8) is 0 Å². The number of nitrogens with one attached hydrogen (secondary N) is 1. The number of hydrogen-bond donors (Lipinski definition) is 1. The lowest BCUT2D eigenvalue weighted by Gasteiger charge is -2.19. The van der Waals surface area contributed by atoms with Crippen molar-refractivity contribution >= 4 is 28.6 Å². The van der Waals surface area contributed by atoms with Crippen molar-refractivity contribution < 1.29 is 14.3 Å². The highest BCUT2D eigenvalue weighted by Crippen LogP contribution is 2.30. The predicted octanol–water partition coefficient (Wildman–Crippen LogP) is 4.89. The smallest absolute Gasteiger partial charge is 0.255 e. The van der Waals surface area contributed by atoms with Gasteiger partial charge in [-0.1, -0.05) is 0 Å². The fourth-order valence-corrected chi connectivity index (χ4v) is 4.09. The molecular formula is C23H25N3O3S. The minimum atomic E-state index is -0.184. The van der Waals surface area contributed by atoms with Gasteiger partial charge in [-0.25, -0.2) is 4.98 Å². The summed E-state index contributed by atoms with van der Waals surface area (Å²) in [5, 5.41) is 4.94. The third kappa shape index (κ3) is 4.57. The Morgan fingerprint density at radius 2 is 2.00 bits per heavy atom. The zero-order valence-corrected chi connectivity index (χ0v) is 18.0. The van der Waals surface area contributed by atoms with Crippen molar-refractivity contribution in [2.24, 2.45) is 0 Å². The van der Waals surface area contributed by atoms with E-state index in [-0.39, 0.29) is 5.91 Å². The monoisotopic (exact) mass is 423 g/mol. The van der Waals surface area contributed by atoms with Crippen LogP contribution in [0.1, 0.15) is 34.5 Å². The van der Waals surface area contributed by atoms with Crippen LogP contribution in [0.3, 0.4) is 0 Å². The summed E-state index contributed by atoms with van der Waals surface area (Å²) in [6.07, 6.45) is 2.48. The minimum Gasteiger partial charge on any atom is -0.493 e. The van der Waals surface area contributed by atoms with E-state index in [0.717, 1.165) is 30.0 Å². The zero-order valence-electron chi connectivity index (χ0n) is 17.2. The molecule has 4 rings (SSSR count). The first-order chi connectivity index (χ1) is 14.6. The maximum absolute atomic E-state index is 12.8. The van der Waals surface area contributed by atoms with Crippen LogP contribution in [-0.2, 0) is 6.61 Å². The predicted molar refractivity (Wildman–Crippen MR) is 120 cm³/mol. The lowest BCUT2D eigenvalue weighted by molar-refractivity contribution is 0.102. The largest absolute Gasteiger partial charge is 0.493 e. The van der Waals surface area contributed by atoms with Crippen molar-refractivity contribution in [3.8, 4) is 11.5 Å². The summed E-state index contributed by atoms with van der Waals surface area (Å²) < 4.78 is 11.2. The Bertz CT molecular complexity index is 1010. The van der Waals surface area contributed by atoms with Crippen molar-refractivity contribution in [2.45, 2.75) is 26.4 Å². The average molecular weight is 424 g/mol. The molecular weight excluding hydrogens is 398 g/mol. The summed E-state index contributed by atoms with van der Waals surface area (Å²) in [4.78, 5) is 19.4. The van der Waals surface area contributed by atoms with Crippen LogP contribution >= 0.6 is 11.3 Å². The van der Waals surface area contributed by atoms with E-state index in [1.807, 2.05) is 18.4 Å². The SMILES string of the molecule is COc1cc(C(=O)Nc2ccc(N3CCCC3)cc2C)ccc1OCc1cscn1. The normalized spacial score (nSPS) is 13.3. The lowest BCUT2D eigenvalue weighted by atomic mass is 10.1. The van der Waals surface area contributed by atoms with Gasteiger partial charge in [0.2, 0.25) is 0 Å². The Morgan fingerprint density at radius 3 is 2.70 bits per heavy atom. The fraction of sp³-hybridized carbons (Fsp3) is 0.304. The fourth-order valence-electron chi connectivity index (χ4n) is 3.54. The second-order valence-corrected chi connectivity index (χ2v) is 8.00. The Labute approximate surface area is 180 Å². The van der Waals surface area contributed by atoms with Crippen LogP contribution in [0, 0.1) is 6.92 Å². The van der Waals surface area contributed by atoms with E-state index in [9.17, 15) is 4.79 Å². The first-order valence-corrected chi connectivity index (χ1v) is 10.9. The molecule has 0 saturated carbocycles. The maximum Gasteiger partial charge on any atom is 0.255 e. The molecule has 1 N–H and O–H groups in total. The Morgan fingerprint density at radius 1 is 1.17 bits per heavy atom. The van der Waals surface area contributed by atoms with Crippen molar-refractivity contribution in [1.29, 1.82) is 0 Å². The number of carbonyl (C=O) groups is 1. The molecule has 1 aliphatic rings. The summed E-state index contributed by atoms with van der Waals surface area (Å²) >= 11 is 1.52. The quantitative estimate of drug-likeness (QED) is 0.586. The van der Waals surface area contributed by atoms with Gasteiger partial charge in [0, 0.05) is 35.4 Å². The van der Waals surface area contributed by atoms with E-state index in [4.69, 9.17) is 9.47 Å². The first kappa shape index (κ1) is 20.2. The molecule has 0 radical (unpaired) electrons. The standard InChI is InChI=1S/C23H25N3O3S/c1-16-11-19(26-9-3-4-10-26)6-7-20(16)25-23(27)17-5-8-21(22(12-17)28-2)29-13-18-14-30-15-24-18/h5-8,11-12,14-15H,3-4,9-10,13H2,1-2H3,(H,25,27). The first-order valence-electron chi connectivity index (χ1n) is 9.99. The van der Waals surface area contributed by atoms with Gasteiger partial charge in [-0.05, 0) is 61.7 Å². The van der Waals surface area contributed by atoms with Gasteiger partial charge >= 0.3 is 0 Å². The van der Waals surface area contributed by atoms with Gasteiger partial charge < -0.3 is 19.7 Å². The molecule has 0 unspecified atom stereocenters. The Kier molecular flexibility index (Phi) is 6.18. The molecule has 3 aromatic rings. The van der Waals surface area contributed by atoms with Crippen LogP contribution in [0.2, 0.25) is 0 Å². The maximum atomic E-state index is 12.8. The third-order valence-electron chi connectivity index (χ3n) is 5.21. The molecule has 1 aliphatic heterocycles. The summed E-state index contributed by atoms with van der Waals surface area (Å²) in [6.45, 7) is 4.57. The molecule has 30 heavy (non-hydrogen) atoms. The molecule has 1 saturated heterocycles. The van der Waals surface area contributed by atoms with Gasteiger partial charge in [0.15, 0.2) is 11.5 Å². The van der Waals surface area contributed by atoms with E-state index in [2.05, 4.69) is 27.3 Å². The zero-order chi connectivity index (χ0) is 20.9. The van der Waals surface area contributed by atoms with Gasteiger partial charge in [-0.2, -0.15) is 0 Å². The number of rotatable bonds is 7. The molecule has 1 fully saturated rings. The Hall–Kier alpha value is -3.06. The van der Waals surface area contributed by atoms with Crippen LogP contribution in [0.5, 0.6) is 11.5 Å². The average Bonchev–Trinajstić information content (AvgIpc) is 3.48. The van der Waals surface area contributed by atoms with Gasteiger partial charge in [-0.15, -0.1) is 11.3 Å². The highest BCUT2D eigenvalue weighted by molar-refractivity contribution is 7.07. The van der Waals surface area contributed by atoms with E-state index in [1.54, 1.807) is 30.8 Å². The number of aryl methyl sites for hydroxylation is 1. The molecule has 1 amide bonds. The van der Waals surface area contributed by atoms with Crippen LogP contribution in [0.15, 0.2) is 47.3 Å². The molecule has 0 aliphatic carbocycles. The van der Waals surface area contributed by atoms with E-state index >= 15 is 0 Å². The number of hydrogen-bond acceptors (Lipinski definition) is 6. The van der Waals surface area contributed by atoms with E-state index < -0.39 is 0 Å². The van der Waals surface area contributed by atoms with E-state index in [1.165, 1.54) is 29.9 Å². The summed E-state index contributed by atoms with van der Waals surface area (Å²) in [5.74, 6) is 0.906. The molecule has 1 aromatic heterocycles. The van der Waals surface area contributed by atoms with Crippen molar-refractivity contribution in [1.82, 2.24) is 4.98 Å². The number of ether oxygens (including phenoxy) is 2. The Balaban J connectivity index is 1.45. The number of thiazole rings is 1. The summed E-state index contributed by atoms with van der Waals surface area (Å²) in [5.41, 5.74) is 6.20. The van der Waals surface area contributed by atoms with E-state index in [0.29, 0.717) is 23.7 Å². The number of carbonyl (C=O) groups excluding carboxylic acids is 1. The number of nitrogens with zero attached hydrogens (tertiary/aromatic N) is 2. The second kappa shape index (κ2) is 9.17. The van der Waals surface area contributed by atoms with Crippen molar-refractivity contribution in [2.75, 3.05) is 30.4 Å². The lowest BCUT2D eigenvalue weighted by Crippen LogP contribution is -2.18. The second-order valence-electron chi connectivity index (χ2n) is 7.28. The number of anilines is 2. The summed E-state index contributed by atoms with van der Waals surface area (Å²) in [6, 6.07) is 11.4. The van der Waals surface area contributed by atoms with Gasteiger partial charge in [0.25, 0.3) is 5.91 Å². The number of benzene rings is 2. The van der Waals surface area contributed by atoms with Gasteiger partial charge in [-0.3, -0.25) is 4.79 Å². The topological polar surface area (TPSA) is 63.7 Å². The highest BCUT2D eigenvalue weighted by atomic mass is 32.1. The molecule has 6 nitrogen and oxygen atoms in total. The highest BCUT2D eigenvalue weighted by Gasteiger charge is 2.15. The van der Waals surface area contributed by atoms with Crippen LogP contribution in [0.25, 0.3) is 0 Å².